The maximum absolute atomic E-state index is 15.7. The smallest absolute Gasteiger partial charge is 0.264 e. The van der Waals surface area contributed by atoms with Crippen LogP contribution in [0.4, 0.5) is 15.8 Å². The molecular formula is C43H43FN8O9. The second-order valence-electron chi connectivity index (χ2n) is 14.7. The van der Waals surface area contributed by atoms with Gasteiger partial charge in [0, 0.05) is 75.2 Å². The van der Waals surface area contributed by atoms with E-state index in [1.807, 2.05) is 0 Å². The van der Waals surface area contributed by atoms with Crippen LogP contribution in [0.5, 0.6) is 5.75 Å². The first-order valence-corrected chi connectivity index (χ1v) is 19.7. The quantitative estimate of drug-likeness (QED) is 0.0512. The minimum absolute atomic E-state index is 0.0332. The van der Waals surface area contributed by atoms with Crippen molar-refractivity contribution >= 4 is 58.1 Å². The summed E-state index contributed by atoms with van der Waals surface area (Å²) in [6.07, 6.45) is 6.60. The highest BCUT2D eigenvalue weighted by Crippen LogP contribution is 2.33. The van der Waals surface area contributed by atoms with Crippen molar-refractivity contribution in [1.82, 2.24) is 29.7 Å². The number of nitrogens with zero attached hydrogens (tertiary/aromatic N) is 4. The van der Waals surface area contributed by atoms with Crippen molar-refractivity contribution in [2.45, 2.75) is 58.1 Å². The molecule has 3 aromatic heterocycles. The van der Waals surface area contributed by atoms with Gasteiger partial charge in [0.25, 0.3) is 17.7 Å². The number of hydrogen-bond acceptors (Lipinski definition) is 11. The molecule has 0 spiro atoms. The summed E-state index contributed by atoms with van der Waals surface area (Å²) in [5.74, 6) is -3.78. The highest BCUT2D eigenvalue weighted by atomic mass is 19.1. The number of imide groups is 2. The van der Waals surface area contributed by atoms with Gasteiger partial charge in [-0.2, -0.15) is 5.10 Å². The molecule has 1 fully saturated rings. The Balaban J connectivity index is 0.881. The van der Waals surface area contributed by atoms with Crippen LogP contribution in [0.25, 0.3) is 16.6 Å². The zero-order valence-corrected chi connectivity index (χ0v) is 33.4. The lowest BCUT2D eigenvalue weighted by Gasteiger charge is -2.27. The molecule has 7 rings (SSSR count). The molecule has 18 heteroatoms. The first kappa shape index (κ1) is 41.9. The number of nitrogens with one attached hydrogen (secondary N) is 4. The van der Waals surface area contributed by atoms with Crippen LogP contribution in [-0.2, 0) is 28.0 Å². The van der Waals surface area contributed by atoms with E-state index in [0.717, 1.165) is 4.90 Å². The molecule has 2 aliphatic rings. The summed E-state index contributed by atoms with van der Waals surface area (Å²) in [6.45, 7) is 2.00. The molecule has 2 aliphatic heterocycles. The molecule has 1 atom stereocenters. The average Bonchev–Trinajstić information content (AvgIpc) is 3.92. The molecule has 5 N–H and O–H groups in total. The van der Waals surface area contributed by atoms with E-state index in [-0.39, 0.29) is 71.2 Å². The number of ketones is 1. The largest absolute Gasteiger partial charge is 0.493 e. The molecule has 1 saturated heterocycles. The van der Waals surface area contributed by atoms with E-state index in [0.29, 0.717) is 60.4 Å². The number of pyridine rings is 1. The van der Waals surface area contributed by atoms with Crippen LogP contribution in [0, 0.1) is 5.82 Å². The number of benzene rings is 2. The highest BCUT2D eigenvalue weighted by Gasteiger charge is 2.45. The van der Waals surface area contributed by atoms with E-state index in [2.05, 4.69) is 26.4 Å². The number of rotatable bonds is 17. The third kappa shape index (κ3) is 8.89. The molecule has 0 saturated carbocycles. The number of aliphatic hydroxyl groups excluding tert-OH is 1. The molecule has 5 heterocycles. The van der Waals surface area contributed by atoms with Crippen LogP contribution in [0.1, 0.15) is 92.6 Å². The third-order valence-corrected chi connectivity index (χ3v) is 10.5. The maximum atomic E-state index is 15.7. The molecule has 1 unspecified atom stereocenters. The molecule has 61 heavy (non-hydrogen) atoms. The first-order chi connectivity index (χ1) is 29.3. The molecule has 0 bridgehead atoms. The lowest BCUT2D eigenvalue weighted by molar-refractivity contribution is -0.136. The fraction of sp³-hybridized carbons (Fsp3) is 0.302. The van der Waals surface area contributed by atoms with Gasteiger partial charge >= 0.3 is 0 Å². The van der Waals surface area contributed by atoms with Gasteiger partial charge in [0.2, 0.25) is 17.7 Å². The molecule has 316 valence electrons. The summed E-state index contributed by atoms with van der Waals surface area (Å²) in [5, 5.41) is 24.8. The van der Waals surface area contributed by atoms with Gasteiger partial charge < -0.3 is 30.2 Å². The van der Waals surface area contributed by atoms with E-state index in [9.17, 15) is 38.7 Å². The van der Waals surface area contributed by atoms with Crippen LogP contribution in [0.2, 0.25) is 0 Å². The van der Waals surface area contributed by atoms with E-state index >= 15 is 4.39 Å². The number of carbonyl (C=O) groups is 7. The van der Waals surface area contributed by atoms with Gasteiger partial charge in [-0.3, -0.25) is 48.5 Å². The number of carbonyl (C=O) groups excluding carboxylic acids is 7. The van der Waals surface area contributed by atoms with Gasteiger partial charge in [-0.05, 0) is 67.6 Å². The lowest BCUT2D eigenvalue weighted by atomic mass is 10.0. The second-order valence-corrected chi connectivity index (χ2v) is 14.7. The van der Waals surface area contributed by atoms with Crippen LogP contribution in [-0.4, -0.2) is 91.2 Å². The number of aliphatic hydroxyl groups is 1. The molecule has 17 nitrogen and oxygen atoms in total. The predicted octanol–water partition coefficient (Wildman–Crippen LogP) is 3.99. The molecule has 0 aliphatic carbocycles. The van der Waals surface area contributed by atoms with Crippen molar-refractivity contribution < 1.29 is 47.8 Å². The Bertz CT molecular complexity index is 2600. The van der Waals surface area contributed by atoms with Crippen molar-refractivity contribution in [3.05, 3.63) is 101 Å². The number of anilines is 2. The number of aromatic nitrogens is 3. The zero-order chi connectivity index (χ0) is 43.4. The van der Waals surface area contributed by atoms with Gasteiger partial charge in [-0.1, -0.05) is 6.07 Å². The molecule has 2 aromatic carbocycles. The summed E-state index contributed by atoms with van der Waals surface area (Å²) in [6, 6.07) is 11.3. The average molecular weight is 835 g/mol. The fourth-order valence-corrected chi connectivity index (χ4v) is 7.42. The first-order valence-electron chi connectivity index (χ1n) is 19.7. The summed E-state index contributed by atoms with van der Waals surface area (Å²) in [7, 11) is 1.68. The number of amides is 6. The van der Waals surface area contributed by atoms with Crippen molar-refractivity contribution in [3.63, 3.8) is 0 Å². The third-order valence-electron chi connectivity index (χ3n) is 10.5. The number of ether oxygens (including phenoxy) is 1. The van der Waals surface area contributed by atoms with E-state index < -0.39 is 48.0 Å². The molecule has 6 amide bonds. The Morgan fingerprint density at radius 2 is 1.79 bits per heavy atom. The lowest BCUT2D eigenvalue weighted by Crippen LogP contribution is -2.54. The Hall–Kier alpha value is -7.21. The predicted molar refractivity (Wildman–Crippen MR) is 218 cm³/mol. The number of fused-ring (bicyclic) bond motifs is 2. The zero-order valence-electron chi connectivity index (χ0n) is 33.4. The Morgan fingerprint density at radius 3 is 2.52 bits per heavy atom. The van der Waals surface area contributed by atoms with Gasteiger partial charge in [-0.15, -0.1) is 0 Å². The molecular weight excluding hydrogens is 792 g/mol. The number of aryl methyl sites for hydroxylation is 1. The van der Waals surface area contributed by atoms with Crippen LogP contribution < -0.4 is 26.0 Å². The summed E-state index contributed by atoms with van der Waals surface area (Å²) in [5.41, 5.74) is 2.30. The van der Waals surface area contributed by atoms with Gasteiger partial charge in [0.1, 0.15) is 11.8 Å². The van der Waals surface area contributed by atoms with Gasteiger partial charge in [0.15, 0.2) is 11.6 Å². The van der Waals surface area contributed by atoms with Crippen molar-refractivity contribution in [2.24, 2.45) is 7.05 Å². The Kier molecular flexibility index (Phi) is 12.3. The summed E-state index contributed by atoms with van der Waals surface area (Å²) < 4.78 is 24.7. The Morgan fingerprint density at radius 1 is 0.984 bits per heavy atom. The standard InChI is InChI=1S/C43H43FN8O9/c1-24(54)34-20-30(40(57)48-32-18-25(23-53)17-29(39(32)44)26-21-47-50(2)22-26)35-19-27(12-15-51(34)35)61-16-6-9-36(55)46-14-4-3-13-45-31-8-5-7-28-38(31)43(60)52(42(28)59)33-10-11-37(56)49-41(33)58/h5,7-8,12,15,17-22,33,45,53H,3-4,6,9-11,13-14,16,23H2,1-2H3,(H,46,55)(H,48,57)(H,49,56,58). The number of unbranched alkanes of at least 4 members (excludes halogenated alkanes) is 1. The number of halogens is 1. The summed E-state index contributed by atoms with van der Waals surface area (Å²) in [4.78, 5) is 90.0. The minimum Gasteiger partial charge on any atom is -0.493 e. The monoisotopic (exact) mass is 834 g/mol. The maximum Gasteiger partial charge on any atom is 0.264 e. The van der Waals surface area contributed by atoms with Crippen LogP contribution >= 0.6 is 0 Å². The topological polar surface area (TPSA) is 223 Å². The Labute approximate surface area is 348 Å². The normalized spacial score (nSPS) is 14.9. The summed E-state index contributed by atoms with van der Waals surface area (Å²) >= 11 is 0. The van der Waals surface area contributed by atoms with E-state index in [1.54, 1.807) is 48.1 Å². The van der Waals surface area contributed by atoms with Gasteiger partial charge in [0.05, 0.1) is 53.0 Å². The molecule has 0 radical (unpaired) electrons. The van der Waals surface area contributed by atoms with Crippen LogP contribution in [0.3, 0.4) is 0 Å². The van der Waals surface area contributed by atoms with E-state index in [1.165, 1.54) is 42.1 Å². The second kappa shape index (κ2) is 18.0. The fourth-order valence-electron chi connectivity index (χ4n) is 7.42. The van der Waals surface area contributed by atoms with Crippen molar-refractivity contribution in [3.8, 4) is 16.9 Å². The van der Waals surface area contributed by atoms with Gasteiger partial charge in [-0.25, -0.2) is 4.39 Å². The number of Topliss-reactive ketones (excluding diaryl/α,β-unsaturated/α-hetero) is 1. The molecule has 5 aromatic rings. The number of hydrogen-bond donors (Lipinski definition) is 5. The highest BCUT2D eigenvalue weighted by molar-refractivity contribution is 6.25. The van der Waals surface area contributed by atoms with Crippen molar-refractivity contribution in [2.75, 3.05) is 30.3 Å². The minimum atomic E-state index is -1.05. The number of piperidine rings is 1. The SMILES string of the molecule is CC(=O)c1cc(C(=O)Nc2cc(CO)cc(-c3cnn(C)c3)c2F)c2cc(OCCCC(=O)NCCCCNc3cccc4c3C(=O)N(C3CCC(=O)NC3=O)C4=O)ccn12. The van der Waals surface area contributed by atoms with E-state index in [4.69, 9.17) is 4.74 Å². The van der Waals surface area contributed by atoms with Crippen molar-refractivity contribution in [1.29, 1.82) is 0 Å². The van der Waals surface area contributed by atoms with Crippen LogP contribution in [0.15, 0.2) is 67.1 Å².